The highest BCUT2D eigenvalue weighted by molar-refractivity contribution is 5.81. The molecule has 2 rings (SSSR count). The van der Waals surface area contributed by atoms with Gasteiger partial charge in [-0.05, 0) is 93.4 Å². The van der Waals surface area contributed by atoms with Gasteiger partial charge in [-0.1, -0.05) is 152 Å². The lowest BCUT2D eigenvalue weighted by Crippen LogP contribution is -1.91. The molecule has 0 saturated carbocycles. The van der Waals surface area contributed by atoms with E-state index in [1.54, 1.807) is 0 Å². The fraction of sp³-hybridized carbons (Fsp3) is 0.385. The van der Waals surface area contributed by atoms with Crippen molar-refractivity contribution in [3.8, 4) is 0 Å². The number of hydrogen-bond donors (Lipinski definition) is 0. The van der Waals surface area contributed by atoms with Gasteiger partial charge in [-0.3, -0.25) is 0 Å². The number of hydrogen-bond acceptors (Lipinski definition) is 0. The van der Waals surface area contributed by atoms with Crippen LogP contribution >= 0.6 is 0 Å². The zero-order chi connectivity index (χ0) is 31.0. The van der Waals surface area contributed by atoms with E-state index in [4.69, 9.17) is 0 Å². The average molecular weight is 529 g/mol. The fourth-order valence-electron chi connectivity index (χ4n) is 2.77. The van der Waals surface area contributed by atoms with Gasteiger partial charge in [-0.2, -0.15) is 0 Å². The molecule has 0 nitrogen and oxygen atoms in total. The Morgan fingerprint density at radius 2 is 1.31 bits per heavy atom. The lowest BCUT2D eigenvalue weighted by Gasteiger charge is -2.12. The molecule has 0 saturated heterocycles. The normalized spacial score (nSPS) is 10.5. The largest absolute Gasteiger partial charge is 0.0999 e. The Bertz CT molecular complexity index is 1030. The van der Waals surface area contributed by atoms with Gasteiger partial charge in [0.2, 0.25) is 0 Å². The molecule has 0 aromatic heterocycles. The van der Waals surface area contributed by atoms with Gasteiger partial charge in [0.05, 0.1) is 0 Å². The van der Waals surface area contributed by atoms with Crippen molar-refractivity contribution in [3.05, 3.63) is 137 Å². The van der Waals surface area contributed by atoms with Crippen molar-refractivity contribution in [2.75, 3.05) is 0 Å². The van der Waals surface area contributed by atoms with Gasteiger partial charge in [-0.25, -0.2) is 0 Å². The number of rotatable bonds is 7. The summed E-state index contributed by atoms with van der Waals surface area (Å²) in [6.07, 6.45) is 9.39. The topological polar surface area (TPSA) is 0 Å². The molecule has 0 aliphatic carbocycles. The molecular weight excluding hydrogens is 468 g/mol. The Morgan fingerprint density at radius 1 is 0.821 bits per heavy atom. The monoisotopic (exact) mass is 528 g/mol. The summed E-state index contributed by atoms with van der Waals surface area (Å²) < 4.78 is 0. The minimum absolute atomic E-state index is 0.657. The van der Waals surface area contributed by atoms with E-state index in [0.29, 0.717) is 5.92 Å². The molecule has 2 aromatic rings. The van der Waals surface area contributed by atoms with Crippen LogP contribution in [0.2, 0.25) is 0 Å². The standard InChI is InChI=1S/C20H24.C9H12.C6H12.2C2H6/c1-7-8-11-16(4)18(6)14-20(15(2)3)19-13-10-9-12-17(19)5;1-3-9-6-4-8(2)5-7-9;1-5(2)6(3)4;2*1-2/h7-14H,2,6H2,1,3-5H3;4-7H,3H2,1-2H3;6H,1H2,2-4H3;2*1-2H3/b8-7-,16-11+,20-14-;;;;. The first kappa shape index (κ1) is 40.4. The highest BCUT2D eigenvalue weighted by Gasteiger charge is 2.06. The van der Waals surface area contributed by atoms with Crippen LogP contribution in [-0.2, 0) is 6.42 Å². The minimum Gasteiger partial charge on any atom is -0.0999 e. The zero-order valence-electron chi connectivity index (χ0n) is 27.8. The molecule has 0 aliphatic heterocycles. The molecule has 0 heterocycles. The van der Waals surface area contributed by atoms with Crippen LogP contribution in [0.5, 0.6) is 0 Å². The third-order valence-electron chi connectivity index (χ3n) is 5.77. The summed E-state index contributed by atoms with van der Waals surface area (Å²) in [5.74, 6) is 0.657. The van der Waals surface area contributed by atoms with Crippen LogP contribution in [-0.4, -0.2) is 0 Å². The molecule has 0 fully saturated rings. The summed E-state index contributed by atoms with van der Waals surface area (Å²) in [6, 6.07) is 17.0. The van der Waals surface area contributed by atoms with Crippen LogP contribution in [0.1, 0.15) is 98.4 Å². The predicted octanol–water partition coefficient (Wildman–Crippen LogP) is 12.9. The van der Waals surface area contributed by atoms with Crippen molar-refractivity contribution in [1.29, 1.82) is 0 Å². The summed E-state index contributed by atoms with van der Waals surface area (Å²) >= 11 is 0. The van der Waals surface area contributed by atoms with Gasteiger partial charge < -0.3 is 0 Å². The van der Waals surface area contributed by atoms with Crippen LogP contribution < -0.4 is 0 Å². The first-order valence-electron chi connectivity index (χ1n) is 14.6. The van der Waals surface area contributed by atoms with Crippen LogP contribution in [0.4, 0.5) is 0 Å². The second kappa shape index (κ2) is 25.2. The summed E-state index contributed by atoms with van der Waals surface area (Å²) in [7, 11) is 0. The number of benzene rings is 2. The van der Waals surface area contributed by atoms with E-state index < -0.39 is 0 Å². The lowest BCUT2D eigenvalue weighted by atomic mass is 9.93. The van der Waals surface area contributed by atoms with Crippen LogP contribution in [0.15, 0.2) is 115 Å². The molecular formula is C39H60. The van der Waals surface area contributed by atoms with Gasteiger partial charge in [0.1, 0.15) is 0 Å². The second-order valence-electron chi connectivity index (χ2n) is 9.39. The molecule has 2 aromatic carbocycles. The Kier molecular flexibility index (Phi) is 26.1. The van der Waals surface area contributed by atoms with Crippen molar-refractivity contribution in [2.45, 2.75) is 96.4 Å². The molecule has 0 unspecified atom stereocenters. The van der Waals surface area contributed by atoms with Crippen molar-refractivity contribution >= 4 is 5.57 Å². The van der Waals surface area contributed by atoms with Crippen molar-refractivity contribution in [2.24, 2.45) is 5.92 Å². The van der Waals surface area contributed by atoms with E-state index in [-0.39, 0.29) is 0 Å². The third-order valence-corrected chi connectivity index (χ3v) is 5.77. The third kappa shape index (κ3) is 19.6. The predicted molar refractivity (Wildman–Crippen MR) is 185 cm³/mol. The summed E-state index contributed by atoms with van der Waals surface area (Å²) in [5.41, 5.74) is 10.9. The SMILES string of the molecule is C=C(C)/C(=C/C(=C)/C(C)=C/C=C\C)c1ccccc1C.C=C(C)C(C)C.CC.CC.CCc1ccc(C)cc1. The Labute approximate surface area is 244 Å². The maximum atomic E-state index is 4.17. The first-order valence-corrected chi connectivity index (χ1v) is 14.6. The van der Waals surface area contributed by atoms with Crippen LogP contribution in [0.25, 0.3) is 5.57 Å². The van der Waals surface area contributed by atoms with Gasteiger partial charge in [-0.15, -0.1) is 0 Å². The molecule has 39 heavy (non-hydrogen) atoms. The van der Waals surface area contributed by atoms with E-state index in [0.717, 1.165) is 28.7 Å². The van der Waals surface area contributed by atoms with Crippen LogP contribution in [0, 0.1) is 19.8 Å². The average Bonchev–Trinajstić information content (AvgIpc) is 2.94. The molecule has 0 amide bonds. The van der Waals surface area contributed by atoms with Gasteiger partial charge in [0, 0.05) is 0 Å². The smallest absolute Gasteiger partial charge is 0.0152 e. The van der Waals surface area contributed by atoms with Crippen molar-refractivity contribution in [3.63, 3.8) is 0 Å². The van der Waals surface area contributed by atoms with E-state index >= 15 is 0 Å². The second-order valence-corrected chi connectivity index (χ2v) is 9.39. The van der Waals surface area contributed by atoms with E-state index in [1.165, 1.54) is 27.8 Å². The Morgan fingerprint density at radius 3 is 1.69 bits per heavy atom. The molecule has 216 valence electrons. The molecule has 0 atom stereocenters. The zero-order valence-corrected chi connectivity index (χ0v) is 27.8. The van der Waals surface area contributed by atoms with Crippen molar-refractivity contribution < 1.29 is 0 Å². The van der Waals surface area contributed by atoms with Gasteiger partial charge >= 0.3 is 0 Å². The maximum absolute atomic E-state index is 4.17. The highest BCUT2D eigenvalue weighted by Crippen LogP contribution is 2.27. The highest BCUT2D eigenvalue weighted by atomic mass is 14.1. The van der Waals surface area contributed by atoms with Gasteiger partial charge in [0.15, 0.2) is 0 Å². The Balaban J connectivity index is -0.000000561. The Hall–Kier alpha value is -3.12. The fourth-order valence-corrected chi connectivity index (χ4v) is 2.77. The molecule has 0 aliphatic rings. The number of allylic oxidation sites excluding steroid dienone is 9. The van der Waals surface area contributed by atoms with Gasteiger partial charge in [0.25, 0.3) is 0 Å². The number of aryl methyl sites for hydroxylation is 3. The molecule has 0 N–H and O–H groups in total. The summed E-state index contributed by atoms with van der Waals surface area (Å²) in [6.45, 7) is 38.9. The van der Waals surface area contributed by atoms with Crippen molar-refractivity contribution in [1.82, 2.24) is 0 Å². The summed E-state index contributed by atoms with van der Waals surface area (Å²) in [4.78, 5) is 0. The van der Waals surface area contributed by atoms with E-state index in [1.807, 2.05) is 60.6 Å². The quantitative estimate of drug-likeness (QED) is 0.247. The van der Waals surface area contributed by atoms with Crippen LogP contribution in [0.3, 0.4) is 0 Å². The molecule has 0 radical (unpaired) electrons. The molecule has 0 bridgehead atoms. The van der Waals surface area contributed by atoms with E-state index in [2.05, 4.69) is 122 Å². The minimum atomic E-state index is 0.657. The van der Waals surface area contributed by atoms with E-state index in [9.17, 15) is 0 Å². The maximum Gasteiger partial charge on any atom is -0.0152 e. The molecule has 0 heteroatoms. The molecule has 0 spiro atoms. The lowest BCUT2D eigenvalue weighted by molar-refractivity contribution is 0.773. The summed E-state index contributed by atoms with van der Waals surface area (Å²) in [5, 5.41) is 0. The first-order chi connectivity index (χ1) is 18.4.